The molecule has 3 rings (SSSR count). The molecule has 1 aromatic carbocycles. The lowest BCUT2D eigenvalue weighted by Gasteiger charge is -2.35. The summed E-state index contributed by atoms with van der Waals surface area (Å²) in [6.45, 7) is 8.11. The number of anilines is 1. The van der Waals surface area contributed by atoms with Gasteiger partial charge in [0.25, 0.3) is 0 Å². The Labute approximate surface area is 152 Å². The second-order valence-corrected chi connectivity index (χ2v) is 7.19. The van der Waals surface area contributed by atoms with Crippen molar-refractivity contribution in [2.45, 2.75) is 38.1 Å². The number of rotatable bonds is 5. The van der Waals surface area contributed by atoms with Gasteiger partial charge in [-0.3, -0.25) is 4.79 Å². The van der Waals surface area contributed by atoms with Crippen molar-refractivity contribution in [1.82, 2.24) is 14.9 Å². The van der Waals surface area contributed by atoms with Crippen molar-refractivity contribution >= 4 is 34.4 Å². The SMILES string of the molecule is CCNc1nc(SCC(=O)N2CC(C)OC(C)C2)nc2ccccc12. The molecule has 0 bridgehead atoms. The van der Waals surface area contributed by atoms with Crippen LogP contribution in [0.2, 0.25) is 0 Å². The number of amides is 1. The maximum Gasteiger partial charge on any atom is 0.233 e. The van der Waals surface area contributed by atoms with Crippen molar-refractivity contribution in [1.29, 1.82) is 0 Å². The smallest absolute Gasteiger partial charge is 0.233 e. The van der Waals surface area contributed by atoms with Crippen molar-refractivity contribution in [3.8, 4) is 0 Å². The molecule has 25 heavy (non-hydrogen) atoms. The number of hydrogen-bond acceptors (Lipinski definition) is 6. The van der Waals surface area contributed by atoms with Crippen LogP contribution in [-0.2, 0) is 9.53 Å². The van der Waals surface area contributed by atoms with Crippen molar-refractivity contribution in [3.63, 3.8) is 0 Å². The molecule has 1 aromatic heterocycles. The van der Waals surface area contributed by atoms with E-state index < -0.39 is 0 Å². The van der Waals surface area contributed by atoms with Gasteiger partial charge in [-0.15, -0.1) is 0 Å². The Morgan fingerprint density at radius 3 is 2.72 bits per heavy atom. The minimum Gasteiger partial charge on any atom is -0.372 e. The van der Waals surface area contributed by atoms with E-state index in [9.17, 15) is 4.79 Å². The summed E-state index contributed by atoms with van der Waals surface area (Å²) in [7, 11) is 0. The monoisotopic (exact) mass is 360 g/mol. The van der Waals surface area contributed by atoms with Gasteiger partial charge in [-0.25, -0.2) is 9.97 Å². The van der Waals surface area contributed by atoms with E-state index in [1.807, 2.05) is 49.9 Å². The van der Waals surface area contributed by atoms with Crippen LogP contribution in [0.3, 0.4) is 0 Å². The highest BCUT2D eigenvalue weighted by Crippen LogP contribution is 2.24. The average molecular weight is 360 g/mol. The Balaban J connectivity index is 1.71. The molecule has 2 atom stereocenters. The van der Waals surface area contributed by atoms with Crippen LogP contribution in [0.4, 0.5) is 5.82 Å². The number of hydrogen-bond donors (Lipinski definition) is 1. The quantitative estimate of drug-likeness (QED) is 0.653. The van der Waals surface area contributed by atoms with E-state index in [2.05, 4.69) is 15.3 Å². The fraction of sp³-hybridized carbons (Fsp3) is 0.500. The Kier molecular flexibility index (Phi) is 5.75. The lowest BCUT2D eigenvalue weighted by Crippen LogP contribution is -2.48. The van der Waals surface area contributed by atoms with E-state index in [1.54, 1.807) is 0 Å². The second kappa shape index (κ2) is 8.01. The molecule has 2 heterocycles. The van der Waals surface area contributed by atoms with Crippen LogP contribution in [0.5, 0.6) is 0 Å². The number of para-hydroxylation sites is 1. The molecule has 0 spiro atoms. The van der Waals surface area contributed by atoms with Crippen molar-refractivity contribution in [3.05, 3.63) is 24.3 Å². The van der Waals surface area contributed by atoms with E-state index in [0.29, 0.717) is 24.0 Å². The third-order valence-corrected chi connectivity index (χ3v) is 4.86. The van der Waals surface area contributed by atoms with Crippen LogP contribution in [-0.4, -0.2) is 58.4 Å². The fourth-order valence-electron chi connectivity index (χ4n) is 3.02. The zero-order valence-corrected chi connectivity index (χ0v) is 15.7. The minimum absolute atomic E-state index is 0.0787. The van der Waals surface area contributed by atoms with Crippen LogP contribution < -0.4 is 5.32 Å². The summed E-state index contributed by atoms with van der Waals surface area (Å²) in [5.74, 6) is 1.26. The summed E-state index contributed by atoms with van der Waals surface area (Å²) in [5, 5.41) is 4.90. The third-order valence-electron chi connectivity index (χ3n) is 4.02. The van der Waals surface area contributed by atoms with Gasteiger partial charge in [-0.2, -0.15) is 0 Å². The van der Waals surface area contributed by atoms with Gasteiger partial charge in [-0.05, 0) is 32.9 Å². The number of thioether (sulfide) groups is 1. The minimum atomic E-state index is 0.0787. The lowest BCUT2D eigenvalue weighted by atomic mass is 10.2. The molecule has 2 aromatic rings. The Bertz CT molecular complexity index is 745. The number of carbonyl (C=O) groups excluding carboxylic acids is 1. The first-order valence-corrected chi connectivity index (χ1v) is 9.62. The number of fused-ring (bicyclic) bond motifs is 1. The van der Waals surface area contributed by atoms with Gasteiger partial charge >= 0.3 is 0 Å². The highest BCUT2D eigenvalue weighted by molar-refractivity contribution is 7.99. The molecule has 1 fully saturated rings. The summed E-state index contributed by atoms with van der Waals surface area (Å²) in [4.78, 5) is 23.6. The number of benzene rings is 1. The zero-order valence-electron chi connectivity index (χ0n) is 14.9. The molecule has 0 radical (unpaired) electrons. The highest BCUT2D eigenvalue weighted by Gasteiger charge is 2.25. The Hall–Kier alpha value is -1.86. The van der Waals surface area contributed by atoms with Gasteiger partial charge in [0, 0.05) is 25.0 Å². The molecule has 0 aliphatic carbocycles. The fourth-order valence-corrected chi connectivity index (χ4v) is 3.78. The Morgan fingerprint density at radius 1 is 1.28 bits per heavy atom. The number of morpholine rings is 1. The average Bonchev–Trinajstić information content (AvgIpc) is 2.59. The van der Waals surface area contributed by atoms with Crippen LogP contribution in [0.25, 0.3) is 10.9 Å². The first-order chi connectivity index (χ1) is 12.1. The van der Waals surface area contributed by atoms with Gasteiger partial charge in [0.15, 0.2) is 5.16 Å². The molecule has 2 unspecified atom stereocenters. The van der Waals surface area contributed by atoms with Gasteiger partial charge < -0.3 is 15.0 Å². The van der Waals surface area contributed by atoms with Crippen LogP contribution in [0, 0.1) is 0 Å². The van der Waals surface area contributed by atoms with E-state index in [0.717, 1.165) is 23.3 Å². The molecule has 1 saturated heterocycles. The summed E-state index contributed by atoms with van der Waals surface area (Å²) in [6, 6.07) is 7.91. The molecule has 1 amide bonds. The molecular weight excluding hydrogens is 336 g/mol. The van der Waals surface area contributed by atoms with Crippen LogP contribution >= 0.6 is 11.8 Å². The largest absolute Gasteiger partial charge is 0.372 e. The zero-order chi connectivity index (χ0) is 17.8. The van der Waals surface area contributed by atoms with E-state index in [4.69, 9.17) is 4.74 Å². The second-order valence-electron chi connectivity index (χ2n) is 6.25. The number of nitrogens with one attached hydrogen (secondary N) is 1. The summed E-state index contributed by atoms with van der Waals surface area (Å²) in [6.07, 6.45) is 0.157. The first kappa shape index (κ1) is 17.9. The topological polar surface area (TPSA) is 67.4 Å². The van der Waals surface area contributed by atoms with E-state index in [-0.39, 0.29) is 18.1 Å². The number of nitrogens with zero attached hydrogens (tertiary/aromatic N) is 3. The number of ether oxygens (including phenoxy) is 1. The predicted molar refractivity (Wildman–Crippen MR) is 101 cm³/mol. The number of carbonyl (C=O) groups is 1. The summed E-state index contributed by atoms with van der Waals surface area (Å²) < 4.78 is 5.69. The molecule has 7 heteroatoms. The van der Waals surface area contributed by atoms with Crippen molar-refractivity contribution in [2.24, 2.45) is 0 Å². The summed E-state index contributed by atoms with van der Waals surface area (Å²) in [5.41, 5.74) is 0.886. The molecule has 0 saturated carbocycles. The standard InChI is InChI=1S/C18H24N4O2S/c1-4-19-17-14-7-5-6-8-15(14)20-18(21-17)25-11-16(23)22-9-12(2)24-13(3)10-22/h5-8,12-13H,4,9-11H2,1-3H3,(H,19,20,21). The lowest BCUT2D eigenvalue weighted by molar-refractivity contribution is -0.140. The molecule has 134 valence electrons. The first-order valence-electron chi connectivity index (χ1n) is 8.63. The maximum atomic E-state index is 12.5. The highest BCUT2D eigenvalue weighted by atomic mass is 32.2. The molecular formula is C18H24N4O2S. The third kappa shape index (κ3) is 4.41. The Morgan fingerprint density at radius 2 is 2.00 bits per heavy atom. The van der Waals surface area contributed by atoms with Crippen molar-refractivity contribution < 1.29 is 9.53 Å². The molecule has 6 nitrogen and oxygen atoms in total. The van der Waals surface area contributed by atoms with Gasteiger partial charge in [0.2, 0.25) is 5.91 Å². The van der Waals surface area contributed by atoms with Crippen LogP contribution in [0.15, 0.2) is 29.4 Å². The van der Waals surface area contributed by atoms with Gasteiger partial charge in [0.05, 0.1) is 23.5 Å². The molecule has 1 aliphatic rings. The normalized spacial score (nSPS) is 20.7. The van der Waals surface area contributed by atoms with Crippen molar-refractivity contribution in [2.75, 3.05) is 30.7 Å². The van der Waals surface area contributed by atoms with Gasteiger partial charge in [-0.1, -0.05) is 23.9 Å². The van der Waals surface area contributed by atoms with Gasteiger partial charge in [0.1, 0.15) is 5.82 Å². The molecule has 1 aliphatic heterocycles. The maximum absolute atomic E-state index is 12.5. The van der Waals surface area contributed by atoms with Crippen LogP contribution in [0.1, 0.15) is 20.8 Å². The number of aromatic nitrogens is 2. The van der Waals surface area contributed by atoms with E-state index >= 15 is 0 Å². The van der Waals surface area contributed by atoms with E-state index in [1.165, 1.54) is 11.8 Å². The predicted octanol–water partition coefficient (Wildman–Crippen LogP) is 2.79. The molecule has 1 N–H and O–H groups in total. The summed E-state index contributed by atoms with van der Waals surface area (Å²) >= 11 is 1.39.